The first-order valence-corrected chi connectivity index (χ1v) is 7.42. The summed E-state index contributed by atoms with van der Waals surface area (Å²) in [6, 6.07) is 6.17. The van der Waals surface area contributed by atoms with Gasteiger partial charge in [0.1, 0.15) is 11.5 Å². The van der Waals surface area contributed by atoms with Crippen molar-refractivity contribution in [1.82, 2.24) is 5.32 Å². The van der Waals surface area contributed by atoms with Crippen LogP contribution < -0.4 is 14.8 Å². The van der Waals surface area contributed by atoms with Gasteiger partial charge in [-0.15, -0.1) is 0 Å². The van der Waals surface area contributed by atoms with Gasteiger partial charge in [-0.3, -0.25) is 0 Å². The maximum atomic E-state index is 5.96. The Morgan fingerprint density at radius 2 is 2.05 bits per heavy atom. The van der Waals surface area contributed by atoms with Crippen LogP contribution >= 0.6 is 0 Å². The van der Waals surface area contributed by atoms with E-state index < -0.39 is 0 Å². The van der Waals surface area contributed by atoms with Gasteiger partial charge in [-0.2, -0.15) is 0 Å². The fourth-order valence-electron chi connectivity index (χ4n) is 1.88. The highest BCUT2D eigenvalue weighted by Crippen LogP contribution is 2.31. The molecule has 0 bridgehead atoms. The molecule has 3 nitrogen and oxygen atoms in total. The quantitative estimate of drug-likeness (QED) is 0.741. The zero-order valence-electron chi connectivity index (χ0n) is 12.1. The molecule has 1 aliphatic rings. The molecule has 0 atom stereocenters. The zero-order chi connectivity index (χ0) is 13.5. The van der Waals surface area contributed by atoms with Crippen LogP contribution in [0.1, 0.15) is 38.7 Å². The predicted octanol–water partition coefficient (Wildman–Crippen LogP) is 3.37. The molecule has 1 aliphatic carbocycles. The largest absolute Gasteiger partial charge is 0.493 e. The molecule has 1 aromatic carbocycles. The fraction of sp³-hybridized carbons (Fsp3) is 0.625. The molecule has 1 saturated carbocycles. The van der Waals surface area contributed by atoms with Crippen molar-refractivity contribution in [2.45, 2.75) is 39.7 Å². The highest BCUT2D eigenvalue weighted by molar-refractivity contribution is 5.40. The maximum Gasteiger partial charge on any atom is 0.127 e. The Kier molecular flexibility index (Phi) is 5.52. The highest BCUT2D eigenvalue weighted by atomic mass is 16.5. The van der Waals surface area contributed by atoms with Crippen LogP contribution in [0.4, 0.5) is 0 Å². The Morgan fingerprint density at radius 3 is 2.74 bits per heavy atom. The van der Waals surface area contributed by atoms with E-state index in [2.05, 4.69) is 25.2 Å². The molecular weight excluding hydrogens is 238 g/mol. The van der Waals surface area contributed by atoms with E-state index in [1.165, 1.54) is 18.4 Å². The third-order valence-corrected chi connectivity index (χ3v) is 3.25. The number of hydrogen-bond acceptors (Lipinski definition) is 3. The average molecular weight is 263 g/mol. The van der Waals surface area contributed by atoms with E-state index in [1.807, 2.05) is 12.1 Å². The Bertz CT molecular complexity index is 388. The van der Waals surface area contributed by atoms with Crippen LogP contribution in [0.25, 0.3) is 0 Å². The Morgan fingerprint density at radius 1 is 1.21 bits per heavy atom. The van der Waals surface area contributed by atoms with Gasteiger partial charge in [0, 0.05) is 18.2 Å². The summed E-state index contributed by atoms with van der Waals surface area (Å²) in [5, 5.41) is 3.35. The van der Waals surface area contributed by atoms with Gasteiger partial charge in [0.25, 0.3) is 0 Å². The standard InChI is InChI=1S/C16H25NO2/c1-3-9-18-15-8-7-14(11-17-4-2)16(10-15)19-12-13-5-6-13/h7-8,10,13,17H,3-6,9,11-12H2,1-2H3. The third-order valence-electron chi connectivity index (χ3n) is 3.25. The molecule has 0 spiro atoms. The molecule has 1 N–H and O–H groups in total. The molecule has 106 valence electrons. The number of benzene rings is 1. The topological polar surface area (TPSA) is 30.5 Å². The van der Waals surface area contributed by atoms with Crippen molar-refractivity contribution in [3.8, 4) is 11.5 Å². The summed E-state index contributed by atoms with van der Waals surface area (Å²) in [7, 11) is 0. The molecule has 0 saturated heterocycles. The summed E-state index contributed by atoms with van der Waals surface area (Å²) in [6.45, 7) is 7.65. The second-order valence-electron chi connectivity index (χ2n) is 5.15. The zero-order valence-corrected chi connectivity index (χ0v) is 12.1. The lowest BCUT2D eigenvalue weighted by atomic mass is 10.2. The summed E-state index contributed by atoms with van der Waals surface area (Å²) < 4.78 is 11.6. The summed E-state index contributed by atoms with van der Waals surface area (Å²) in [4.78, 5) is 0. The molecule has 1 fully saturated rings. The van der Waals surface area contributed by atoms with Gasteiger partial charge in [0.15, 0.2) is 0 Å². The summed E-state index contributed by atoms with van der Waals surface area (Å²) >= 11 is 0. The van der Waals surface area contributed by atoms with E-state index in [9.17, 15) is 0 Å². The van der Waals surface area contributed by atoms with Crippen molar-refractivity contribution in [2.75, 3.05) is 19.8 Å². The first kappa shape index (κ1) is 14.2. The average Bonchev–Trinajstić information content (AvgIpc) is 3.25. The number of rotatable bonds is 9. The van der Waals surface area contributed by atoms with Crippen LogP contribution in [0, 0.1) is 5.92 Å². The monoisotopic (exact) mass is 263 g/mol. The summed E-state index contributed by atoms with van der Waals surface area (Å²) in [5.74, 6) is 2.65. The smallest absolute Gasteiger partial charge is 0.127 e. The van der Waals surface area contributed by atoms with Crippen LogP contribution in [0.3, 0.4) is 0 Å². The second-order valence-corrected chi connectivity index (χ2v) is 5.15. The Balaban J connectivity index is 2.01. The Labute approximate surface area is 116 Å². The molecule has 0 amide bonds. The summed E-state index contributed by atoms with van der Waals surface area (Å²) in [5.41, 5.74) is 1.21. The molecule has 0 unspecified atom stereocenters. The van der Waals surface area contributed by atoms with Crippen LogP contribution in [0.15, 0.2) is 18.2 Å². The summed E-state index contributed by atoms with van der Waals surface area (Å²) in [6.07, 6.45) is 3.65. The lowest BCUT2D eigenvalue weighted by Gasteiger charge is -2.14. The predicted molar refractivity (Wildman–Crippen MR) is 77.8 cm³/mol. The van der Waals surface area contributed by atoms with Crippen LogP contribution in [-0.4, -0.2) is 19.8 Å². The van der Waals surface area contributed by atoms with Crippen LogP contribution in [0.2, 0.25) is 0 Å². The second kappa shape index (κ2) is 7.39. The van der Waals surface area contributed by atoms with Gasteiger partial charge in [-0.1, -0.05) is 19.9 Å². The first-order chi connectivity index (χ1) is 9.33. The van der Waals surface area contributed by atoms with E-state index in [1.54, 1.807) is 0 Å². The van der Waals surface area contributed by atoms with Crippen molar-refractivity contribution >= 4 is 0 Å². The lowest BCUT2D eigenvalue weighted by Crippen LogP contribution is -2.13. The molecule has 0 aromatic heterocycles. The van der Waals surface area contributed by atoms with E-state index in [4.69, 9.17) is 9.47 Å². The fourth-order valence-corrected chi connectivity index (χ4v) is 1.88. The van der Waals surface area contributed by atoms with Gasteiger partial charge in [-0.05, 0) is 37.8 Å². The van der Waals surface area contributed by atoms with Gasteiger partial charge in [0.2, 0.25) is 0 Å². The van der Waals surface area contributed by atoms with Crippen molar-refractivity contribution in [3.05, 3.63) is 23.8 Å². The Hall–Kier alpha value is -1.22. The minimum Gasteiger partial charge on any atom is -0.493 e. The lowest BCUT2D eigenvalue weighted by molar-refractivity contribution is 0.288. The normalized spacial score (nSPS) is 14.4. The molecule has 1 aromatic rings. The number of nitrogens with one attached hydrogen (secondary N) is 1. The van der Waals surface area contributed by atoms with Gasteiger partial charge < -0.3 is 14.8 Å². The van der Waals surface area contributed by atoms with Crippen molar-refractivity contribution < 1.29 is 9.47 Å². The van der Waals surface area contributed by atoms with Gasteiger partial charge >= 0.3 is 0 Å². The van der Waals surface area contributed by atoms with Gasteiger partial charge in [0.05, 0.1) is 13.2 Å². The van der Waals surface area contributed by atoms with E-state index in [-0.39, 0.29) is 0 Å². The number of ether oxygens (including phenoxy) is 2. The highest BCUT2D eigenvalue weighted by Gasteiger charge is 2.22. The minimum atomic E-state index is 0.759. The van der Waals surface area contributed by atoms with Crippen LogP contribution in [0.5, 0.6) is 11.5 Å². The molecule has 0 aliphatic heterocycles. The first-order valence-electron chi connectivity index (χ1n) is 7.42. The molecular formula is C16H25NO2. The SMILES string of the molecule is CCCOc1ccc(CNCC)c(OCC2CC2)c1. The van der Waals surface area contributed by atoms with Crippen molar-refractivity contribution in [3.63, 3.8) is 0 Å². The number of hydrogen-bond donors (Lipinski definition) is 1. The van der Waals surface area contributed by atoms with Gasteiger partial charge in [-0.25, -0.2) is 0 Å². The molecule has 0 radical (unpaired) electrons. The molecule has 0 heterocycles. The third kappa shape index (κ3) is 4.75. The maximum absolute atomic E-state index is 5.96. The van der Waals surface area contributed by atoms with Crippen LogP contribution in [-0.2, 0) is 6.54 Å². The molecule has 19 heavy (non-hydrogen) atoms. The molecule has 2 rings (SSSR count). The van der Waals surface area contributed by atoms with Crippen molar-refractivity contribution in [1.29, 1.82) is 0 Å². The minimum absolute atomic E-state index is 0.759. The molecule has 3 heteroatoms. The van der Waals surface area contributed by atoms with E-state index in [0.717, 1.165) is 50.1 Å². The van der Waals surface area contributed by atoms with E-state index >= 15 is 0 Å². The van der Waals surface area contributed by atoms with E-state index in [0.29, 0.717) is 0 Å². The van der Waals surface area contributed by atoms with Crippen molar-refractivity contribution in [2.24, 2.45) is 5.92 Å².